The molecular formula is C49H72N4O11. The number of alkyl carbamates (subject to hydrolysis) is 1. The summed E-state index contributed by atoms with van der Waals surface area (Å²) in [5.41, 5.74) is 2.24. The Labute approximate surface area is 379 Å². The molecule has 0 aliphatic heterocycles. The summed E-state index contributed by atoms with van der Waals surface area (Å²) in [5.74, 6) is -1.75. The predicted octanol–water partition coefficient (Wildman–Crippen LogP) is 7.64. The Morgan fingerprint density at radius 1 is 0.703 bits per heavy atom. The fourth-order valence-electron chi connectivity index (χ4n) is 8.65. The lowest BCUT2D eigenvalue weighted by Crippen LogP contribution is -2.49. The second-order valence-electron chi connectivity index (χ2n) is 18.6. The van der Waals surface area contributed by atoms with E-state index >= 15 is 0 Å². The number of benzene rings is 2. The fourth-order valence-corrected chi connectivity index (χ4v) is 8.65. The number of rotatable bonds is 20. The number of esters is 1. The van der Waals surface area contributed by atoms with Gasteiger partial charge in [-0.15, -0.1) is 0 Å². The van der Waals surface area contributed by atoms with Crippen LogP contribution < -0.4 is 26.0 Å². The van der Waals surface area contributed by atoms with Crippen LogP contribution in [0.15, 0.2) is 43.0 Å². The van der Waals surface area contributed by atoms with E-state index in [0.29, 0.717) is 68.2 Å². The van der Waals surface area contributed by atoms with Crippen LogP contribution in [-0.2, 0) is 33.3 Å². The maximum atomic E-state index is 14.2. The summed E-state index contributed by atoms with van der Waals surface area (Å²) in [6, 6.07) is 8.12. The van der Waals surface area contributed by atoms with E-state index in [4.69, 9.17) is 28.4 Å². The number of hydrogen-bond donors (Lipinski definition) is 4. The lowest BCUT2D eigenvalue weighted by molar-refractivity contribution is -0.123. The smallest absolute Gasteiger partial charge is 0.407 e. The van der Waals surface area contributed by atoms with Crippen molar-refractivity contribution in [2.45, 2.75) is 106 Å². The Morgan fingerprint density at radius 3 is 1.86 bits per heavy atom. The molecule has 0 aromatic heterocycles. The molecule has 2 aliphatic rings. The molecule has 2 aromatic rings. The van der Waals surface area contributed by atoms with Gasteiger partial charge in [-0.3, -0.25) is 14.4 Å². The van der Waals surface area contributed by atoms with Gasteiger partial charge in [-0.2, -0.15) is 0 Å². The van der Waals surface area contributed by atoms with E-state index in [1.165, 1.54) is 6.08 Å². The molecule has 64 heavy (non-hydrogen) atoms. The van der Waals surface area contributed by atoms with Crippen molar-refractivity contribution < 1.29 is 52.4 Å². The Kier molecular flexibility index (Phi) is 19.6. The largest absolute Gasteiger partial charge is 0.488 e. The van der Waals surface area contributed by atoms with Crippen molar-refractivity contribution in [3.8, 4) is 5.75 Å². The van der Waals surface area contributed by atoms with Crippen molar-refractivity contribution in [1.82, 2.24) is 10.6 Å². The van der Waals surface area contributed by atoms with Crippen LogP contribution in [-0.4, -0.2) is 101 Å². The van der Waals surface area contributed by atoms with Crippen LogP contribution in [0.5, 0.6) is 5.75 Å². The number of methoxy groups -OCH3 is 1. The van der Waals surface area contributed by atoms with E-state index in [2.05, 4.69) is 41.7 Å². The summed E-state index contributed by atoms with van der Waals surface area (Å²) in [6.07, 6.45) is 3.25. The first-order chi connectivity index (χ1) is 30.3. The van der Waals surface area contributed by atoms with Crippen molar-refractivity contribution in [3.63, 3.8) is 0 Å². The van der Waals surface area contributed by atoms with E-state index in [9.17, 15) is 24.0 Å². The number of anilines is 2. The van der Waals surface area contributed by atoms with Crippen LogP contribution in [0.4, 0.5) is 16.2 Å². The second kappa shape index (κ2) is 24.3. The minimum Gasteiger partial charge on any atom is -0.488 e. The van der Waals surface area contributed by atoms with Crippen LogP contribution in [0.2, 0.25) is 0 Å². The quantitative estimate of drug-likeness (QED) is 0.0581. The first-order valence-electron chi connectivity index (χ1n) is 22.5. The second-order valence-corrected chi connectivity index (χ2v) is 18.6. The van der Waals surface area contributed by atoms with Gasteiger partial charge in [0.25, 0.3) is 5.91 Å². The predicted molar refractivity (Wildman–Crippen MR) is 246 cm³/mol. The molecule has 2 aliphatic carbocycles. The number of carbonyl (C=O) groups excluding carboxylic acids is 5. The first-order valence-corrected chi connectivity index (χ1v) is 22.5. The highest BCUT2D eigenvalue weighted by Gasteiger charge is 2.40. The molecule has 2 saturated carbocycles. The number of hydrogen-bond acceptors (Lipinski definition) is 11. The molecule has 4 N–H and O–H groups in total. The Balaban J connectivity index is 1.44. The Hall–Kier alpha value is -4.99. The standard InChI is InChI=1S/C49H72N4O11/c1-12-13-63-47(57)39-22-30(3)23-42(43(39)62-19-18-61-17-16-60-15-14-59-11)52-46(56)38-27-40(33(6)24-32(38)5)51-44(54)35-20-29(2)21-36(26-35)50-45(55)37-28-41(34(7)25-31(37)4)53-48(58)64-49(8,9)10/h12,20-23,26,31-34,37-38,40-41H,1,13-19,24-25,27-28H2,2-11H3,(H,50,55)(H,51,54)(H,52,56)(H,53,58)/t31-,32-,33+,34+,37?,38+,40+,41+/m1/s1. The van der Waals surface area contributed by atoms with Crippen LogP contribution in [0, 0.1) is 49.4 Å². The maximum absolute atomic E-state index is 14.2. The average Bonchev–Trinajstić information content (AvgIpc) is 3.20. The molecule has 4 rings (SSSR count). The van der Waals surface area contributed by atoms with Gasteiger partial charge in [-0.05, 0) is 125 Å². The summed E-state index contributed by atoms with van der Waals surface area (Å²) < 4.78 is 33.0. The molecule has 0 heterocycles. The third-order valence-corrected chi connectivity index (χ3v) is 11.9. The van der Waals surface area contributed by atoms with Gasteiger partial charge < -0.3 is 49.7 Å². The van der Waals surface area contributed by atoms with Gasteiger partial charge in [0.1, 0.15) is 24.4 Å². The highest BCUT2D eigenvalue weighted by molar-refractivity contribution is 6.00. The molecule has 1 unspecified atom stereocenters. The summed E-state index contributed by atoms with van der Waals surface area (Å²) in [4.78, 5) is 67.7. The summed E-state index contributed by atoms with van der Waals surface area (Å²) in [6.45, 7) is 22.9. The van der Waals surface area contributed by atoms with E-state index in [0.717, 1.165) is 12.0 Å². The summed E-state index contributed by atoms with van der Waals surface area (Å²) in [5, 5.41) is 12.3. The number of aryl methyl sites for hydroxylation is 2. The van der Waals surface area contributed by atoms with Gasteiger partial charge >= 0.3 is 12.1 Å². The summed E-state index contributed by atoms with van der Waals surface area (Å²) >= 11 is 0. The van der Waals surface area contributed by atoms with Crippen LogP contribution >= 0.6 is 0 Å². The molecule has 0 radical (unpaired) electrons. The van der Waals surface area contributed by atoms with Crippen molar-refractivity contribution in [3.05, 3.63) is 65.2 Å². The van der Waals surface area contributed by atoms with Gasteiger partial charge in [0.2, 0.25) is 11.8 Å². The van der Waals surface area contributed by atoms with Crippen molar-refractivity contribution >= 4 is 41.2 Å². The SMILES string of the molecule is C=CCOC(=O)c1cc(C)cc(NC(=O)[C@H]2C[C@H](NC(=O)c3cc(C)cc(NC(=O)C4C[C@H](NC(=O)OC(C)(C)C)[C@@H](C)C[C@H]4C)c3)[C@@H](C)C[C@H]2C)c1OCCOCCOCCOC. The molecule has 0 bridgehead atoms. The van der Waals surface area contributed by atoms with Gasteiger partial charge in [-0.1, -0.05) is 40.3 Å². The zero-order valence-corrected chi connectivity index (χ0v) is 39.6. The molecule has 8 atom stereocenters. The van der Waals surface area contributed by atoms with E-state index in [1.54, 1.807) is 31.4 Å². The Bertz CT molecular complexity index is 1930. The minimum absolute atomic E-state index is 0.000367. The zero-order chi connectivity index (χ0) is 47.1. The lowest BCUT2D eigenvalue weighted by atomic mass is 9.72. The number of carbonyl (C=O) groups is 5. The molecule has 15 heteroatoms. The number of ether oxygens (including phenoxy) is 6. The molecule has 15 nitrogen and oxygen atoms in total. The molecular weight excluding hydrogens is 821 g/mol. The van der Waals surface area contributed by atoms with Gasteiger partial charge in [-0.25, -0.2) is 9.59 Å². The molecule has 2 aromatic carbocycles. The lowest BCUT2D eigenvalue weighted by Gasteiger charge is -2.38. The fraction of sp³-hybridized carbons (Fsp3) is 0.612. The monoisotopic (exact) mass is 893 g/mol. The molecule has 4 amide bonds. The molecule has 2 fully saturated rings. The average molecular weight is 893 g/mol. The molecule has 354 valence electrons. The van der Waals surface area contributed by atoms with Crippen LogP contribution in [0.3, 0.4) is 0 Å². The minimum atomic E-state index is -0.638. The van der Waals surface area contributed by atoms with E-state index in [1.807, 2.05) is 54.5 Å². The van der Waals surface area contributed by atoms with E-state index in [-0.39, 0.29) is 90.5 Å². The third-order valence-electron chi connectivity index (χ3n) is 11.9. The van der Waals surface area contributed by atoms with Gasteiger partial charge in [0, 0.05) is 42.3 Å². The Morgan fingerprint density at radius 2 is 1.27 bits per heavy atom. The molecule has 0 spiro atoms. The topological polar surface area (TPSA) is 189 Å². The highest BCUT2D eigenvalue weighted by atomic mass is 16.6. The van der Waals surface area contributed by atoms with Gasteiger partial charge in [0.05, 0.1) is 38.7 Å². The van der Waals surface area contributed by atoms with E-state index < -0.39 is 23.6 Å². The zero-order valence-electron chi connectivity index (χ0n) is 39.6. The third kappa shape index (κ3) is 15.6. The molecule has 0 saturated heterocycles. The summed E-state index contributed by atoms with van der Waals surface area (Å²) in [7, 11) is 1.60. The first kappa shape index (κ1) is 51.6. The van der Waals surface area contributed by atoms with Crippen molar-refractivity contribution in [1.29, 1.82) is 0 Å². The number of amides is 4. The maximum Gasteiger partial charge on any atom is 0.407 e. The number of nitrogens with one attached hydrogen (secondary N) is 4. The van der Waals surface area contributed by atoms with Crippen molar-refractivity contribution in [2.24, 2.45) is 35.5 Å². The van der Waals surface area contributed by atoms with Gasteiger partial charge in [0.15, 0.2) is 5.75 Å². The highest BCUT2D eigenvalue weighted by Crippen LogP contribution is 2.38. The normalized spacial score (nSPS) is 23.3. The van der Waals surface area contributed by atoms with Crippen molar-refractivity contribution in [2.75, 3.05) is 64.0 Å². The van der Waals surface area contributed by atoms with Crippen LogP contribution in [0.1, 0.15) is 106 Å². The van der Waals surface area contributed by atoms with Crippen LogP contribution in [0.25, 0.3) is 0 Å².